The van der Waals surface area contributed by atoms with Gasteiger partial charge in [-0.2, -0.15) is 5.10 Å². The van der Waals surface area contributed by atoms with Gasteiger partial charge in [-0.05, 0) is 25.3 Å². The number of carbonyl (C=O) groups is 1. The Kier molecular flexibility index (Phi) is 2.83. The molecule has 6 heteroatoms. The number of hydrogen-bond acceptors (Lipinski definition) is 4. The van der Waals surface area contributed by atoms with Gasteiger partial charge in [0.05, 0.1) is 5.60 Å². The number of amides is 1. The van der Waals surface area contributed by atoms with E-state index < -0.39 is 11.7 Å². The summed E-state index contributed by atoms with van der Waals surface area (Å²) in [7, 11) is 0. The van der Waals surface area contributed by atoms with Crippen LogP contribution in [0.3, 0.4) is 0 Å². The Hall–Kier alpha value is -1.40. The van der Waals surface area contributed by atoms with Gasteiger partial charge in [0.2, 0.25) is 0 Å². The standard InChI is InChI=1S/C12H17N3O3/c16-10-8-15(11(17)9-2-5-13-14-9)6-4-12(10)3-1-7-18-12/h2,5,10,16H,1,3-4,6-8H2,(H,13,14)/t10-,12-/m0/s1. The SMILES string of the molecule is O=C(c1ccn[nH]1)N1CC[C@@]2(CCCO2)[C@@H](O)C1. The van der Waals surface area contributed by atoms with Crippen LogP contribution in [0.15, 0.2) is 12.3 Å². The van der Waals surface area contributed by atoms with Gasteiger partial charge >= 0.3 is 0 Å². The van der Waals surface area contributed by atoms with Crippen molar-refractivity contribution in [2.45, 2.75) is 31.0 Å². The van der Waals surface area contributed by atoms with Crippen LogP contribution in [0.4, 0.5) is 0 Å². The highest BCUT2D eigenvalue weighted by Gasteiger charge is 2.46. The number of ether oxygens (including phenoxy) is 1. The third-order valence-corrected chi connectivity index (χ3v) is 3.96. The molecule has 1 aromatic rings. The first-order valence-corrected chi connectivity index (χ1v) is 6.32. The lowest BCUT2D eigenvalue weighted by Gasteiger charge is -2.42. The predicted molar refractivity (Wildman–Crippen MR) is 63.0 cm³/mol. The first kappa shape index (κ1) is 11.7. The first-order valence-electron chi connectivity index (χ1n) is 6.32. The van der Waals surface area contributed by atoms with E-state index in [2.05, 4.69) is 10.2 Å². The van der Waals surface area contributed by atoms with Gasteiger partial charge in [-0.3, -0.25) is 9.89 Å². The average molecular weight is 251 g/mol. The second kappa shape index (κ2) is 4.37. The van der Waals surface area contributed by atoms with Gasteiger partial charge in [0.25, 0.3) is 5.91 Å². The van der Waals surface area contributed by atoms with Crippen LogP contribution in [0.2, 0.25) is 0 Å². The molecule has 3 rings (SSSR count). The minimum atomic E-state index is -0.597. The Morgan fingerprint density at radius 1 is 1.61 bits per heavy atom. The normalized spacial score (nSPS) is 32.1. The number of carbonyl (C=O) groups excluding carboxylic acids is 1. The molecule has 1 amide bonds. The maximum Gasteiger partial charge on any atom is 0.271 e. The molecule has 18 heavy (non-hydrogen) atoms. The number of aliphatic hydroxyl groups is 1. The number of nitrogens with zero attached hydrogens (tertiary/aromatic N) is 2. The van der Waals surface area contributed by atoms with Gasteiger partial charge in [-0.15, -0.1) is 0 Å². The number of aliphatic hydroxyl groups excluding tert-OH is 1. The molecule has 0 saturated carbocycles. The molecule has 2 aliphatic heterocycles. The summed E-state index contributed by atoms with van der Waals surface area (Å²) < 4.78 is 5.70. The van der Waals surface area contributed by atoms with Crippen LogP contribution in [0.1, 0.15) is 29.8 Å². The number of likely N-dealkylation sites (tertiary alicyclic amines) is 1. The van der Waals surface area contributed by atoms with Crippen molar-refractivity contribution in [2.24, 2.45) is 0 Å². The zero-order valence-corrected chi connectivity index (χ0v) is 10.1. The summed E-state index contributed by atoms with van der Waals surface area (Å²) >= 11 is 0. The maximum atomic E-state index is 12.1. The molecule has 1 spiro atoms. The lowest BCUT2D eigenvalue weighted by molar-refractivity contribution is -0.123. The number of piperidine rings is 1. The molecule has 6 nitrogen and oxygen atoms in total. The summed E-state index contributed by atoms with van der Waals surface area (Å²) in [5, 5.41) is 16.7. The van der Waals surface area contributed by atoms with Crippen molar-refractivity contribution < 1.29 is 14.6 Å². The van der Waals surface area contributed by atoms with Crippen LogP contribution in [-0.4, -0.2) is 57.5 Å². The number of hydrogen-bond donors (Lipinski definition) is 2. The first-order chi connectivity index (χ1) is 8.71. The van der Waals surface area contributed by atoms with Crippen LogP contribution >= 0.6 is 0 Å². The number of aromatic amines is 1. The summed E-state index contributed by atoms with van der Waals surface area (Å²) in [6, 6.07) is 1.64. The minimum Gasteiger partial charge on any atom is -0.388 e. The second-order valence-electron chi connectivity index (χ2n) is 5.00. The molecule has 2 aliphatic rings. The summed E-state index contributed by atoms with van der Waals surface area (Å²) in [6.45, 7) is 1.67. The molecule has 2 N–H and O–H groups in total. The van der Waals surface area contributed by atoms with Crippen molar-refractivity contribution in [1.29, 1.82) is 0 Å². The summed E-state index contributed by atoms with van der Waals surface area (Å²) in [4.78, 5) is 13.8. The number of rotatable bonds is 1. The Balaban J connectivity index is 1.70. The van der Waals surface area contributed by atoms with E-state index in [0.717, 1.165) is 12.8 Å². The molecule has 0 aliphatic carbocycles. The van der Waals surface area contributed by atoms with Crippen molar-refractivity contribution in [1.82, 2.24) is 15.1 Å². The largest absolute Gasteiger partial charge is 0.388 e. The number of nitrogens with one attached hydrogen (secondary N) is 1. The van der Waals surface area contributed by atoms with Crippen molar-refractivity contribution in [3.05, 3.63) is 18.0 Å². The monoisotopic (exact) mass is 251 g/mol. The van der Waals surface area contributed by atoms with Crippen molar-refractivity contribution in [3.8, 4) is 0 Å². The molecule has 2 saturated heterocycles. The van der Waals surface area contributed by atoms with E-state index in [0.29, 0.717) is 31.8 Å². The van der Waals surface area contributed by atoms with E-state index >= 15 is 0 Å². The maximum absolute atomic E-state index is 12.1. The van der Waals surface area contributed by atoms with Crippen LogP contribution in [0, 0.1) is 0 Å². The molecular formula is C12H17N3O3. The molecule has 2 fully saturated rings. The smallest absolute Gasteiger partial charge is 0.271 e. The molecule has 0 bridgehead atoms. The highest BCUT2D eigenvalue weighted by atomic mass is 16.5. The molecule has 0 unspecified atom stereocenters. The molecule has 3 heterocycles. The van der Waals surface area contributed by atoms with Gasteiger partial charge in [-0.1, -0.05) is 0 Å². The summed E-state index contributed by atoms with van der Waals surface area (Å²) in [5.74, 6) is -0.112. The molecular weight excluding hydrogens is 234 g/mol. The van der Waals surface area contributed by atoms with Gasteiger partial charge in [0.1, 0.15) is 11.8 Å². The second-order valence-corrected chi connectivity index (χ2v) is 5.00. The molecule has 98 valence electrons. The van der Waals surface area contributed by atoms with Crippen molar-refractivity contribution >= 4 is 5.91 Å². The lowest BCUT2D eigenvalue weighted by atomic mass is 9.86. The minimum absolute atomic E-state index is 0.112. The van der Waals surface area contributed by atoms with E-state index in [-0.39, 0.29) is 5.91 Å². The van der Waals surface area contributed by atoms with Crippen molar-refractivity contribution in [2.75, 3.05) is 19.7 Å². The van der Waals surface area contributed by atoms with E-state index in [1.54, 1.807) is 17.2 Å². The third kappa shape index (κ3) is 1.81. The Morgan fingerprint density at radius 3 is 3.11 bits per heavy atom. The van der Waals surface area contributed by atoms with Gasteiger partial charge < -0.3 is 14.7 Å². The Morgan fingerprint density at radius 2 is 2.50 bits per heavy atom. The van der Waals surface area contributed by atoms with Gasteiger partial charge in [0.15, 0.2) is 0 Å². The molecule has 1 aromatic heterocycles. The Labute approximate surface area is 105 Å². The topological polar surface area (TPSA) is 78.5 Å². The number of β-amino-alcohol motifs (C(OH)–C–C–N with tert-alkyl or cyclic N) is 1. The highest BCUT2D eigenvalue weighted by molar-refractivity contribution is 5.92. The van der Waals surface area contributed by atoms with Crippen LogP contribution in [-0.2, 0) is 4.74 Å². The number of H-pyrrole nitrogens is 1. The molecule has 0 radical (unpaired) electrons. The highest BCUT2D eigenvalue weighted by Crippen LogP contribution is 2.36. The van der Waals surface area contributed by atoms with Crippen LogP contribution in [0.5, 0.6) is 0 Å². The zero-order valence-electron chi connectivity index (χ0n) is 10.1. The Bertz CT molecular complexity index is 426. The molecule has 0 aromatic carbocycles. The molecule has 2 atom stereocenters. The van der Waals surface area contributed by atoms with Crippen molar-refractivity contribution in [3.63, 3.8) is 0 Å². The zero-order chi connectivity index (χ0) is 12.6. The van der Waals surface area contributed by atoms with E-state index in [1.165, 1.54) is 0 Å². The summed E-state index contributed by atoms with van der Waals surface area (Å²) in [5.41, 5.74) is 0.0515. The van der Waals surface area contributed by atoms with Crippen LogP contribution < -0.4 is 0 Å². The third-order valence-electron chi connectivity index (χ3n) is 3.96. The average Bonchev–Trinajstić information content (AvgIpc) is 3.04. The van der Waals surface area contributed by atoms with E-state index in [4.69, 9.17) is 4.74 Å². The quantitative estimate of drug-likeness (QED) is 0.745. The van der Waals surface area contributed by atoms with E-state index in [1.807, 2.05) is 0 Å². The van der Waals surface area contributed by atoms with Gasteiger partial charge in [-0.25, -0.2) is 0 Å². The van der Waals surface area contributed by atoms with Gasteiger partial charge in [0, 0.05) is 25.9 Å². The van der Waals surface area contributed by atoms with E-state index in [9.17, 15) is 9.90 Å². The summed E-state index contributed by atoms with van der Waals surface area (Å²) in [6.07, 6.45) is 3.54. The fourth-order valence-electron chi connectivity index (χ4n) is 2.87. The number of aromatic nitrogens is 2. The fourth-order valence-corrected chi connectivity index (χ4v) is 2.87. The predicted octanol–water partition coefficient (Wildman–Crippen LogP) is 0.166. The fraction of sp³-hybridized carbons (Fsp3) is 0.667. The van der Waals surface area contributed by atoms with Crippen LogP contribution in [0.25, 0.3) is 0 Å². The lowest BCUT2D eigenvalue weighted by Crippen LogP contribution is -2.56.